The Bertz CT molecular complexity index is 167. The van der Waals surface area contributed by atoms with Crippen LogP contribution in [-0.4, -0.2) is 5.78 Å². The van der Waals surface area contributed by atoms with Crippen molar-refractivity contribution in [3.05, 3.63) is 0 Å². The summed E-state index contributed by atoms with van der Waals surface area (Å²) in [4.78, 5) is 11.2. The lowest BCUT2D eigenvalue weighted by Gasteiger charge is -2.04. The van der Waals surface area contributed by atoms with Crippen LogP contribution in [0.5, 0.6) is 0 Å². The Hall–Kier alpha value is -0.330. The summed E-state index contributed by atoms with van der Waals surface area (Å²) in [5, 5.41) is 0. The lowest BCUT2D eigenvalue weighted by Crippen LogP contribution is -2.11. The number of hydrogen-bond acceptors (Lipinski definition) is 1. The predicted octanol–water partition coefficient (Wildman–Crippen LogP) is 1.23. The molecule has 3 aliphatic carbocycles. The highest BCUT2D eigenvalue weighted by Crippen LogP contribution is 2.60. The molecule has 0 amide bonds. The van der Waals surface area contributed by atoms with Crippen molar-refractivity contribution in [2.75, 3.05) is 0 Å². The number of ketones is 1. The lowest BCUT2D eigenvalue weighted by atomic mass is 10.00. The van der Waals surface area contributed by atoms with Gasteiger partial charge in [0.2, 0.25) is 0 Å². The molecule has 0 saturated heterocycles. The maximum atomic E-state index is 11.2. The van der Waals surface area contributed by atoms with Gasteiger partial charge in [-0.05, 0) is 31.1 Å². The molecule has 3 saturated carbocycles. The van der Waals surface area contributed by atoms with E-state index in [-0.39, 0.29) is 0 Å². The summed E-state index contributed by atoms with van der Waals surface area (Å²) in [6.07, 6.45) is 3.87. The van der Waals surface area contributed by atoms with E-state index in [0.717, 1.165) is 11.8 Å². The lowest BCUT2D eigenvalue weighted by molar-refractivity contribution is -0.122. The van der Waals surface area contributed by atoms with Crippen LogP contribution in [0.2, 0.25) is 0 Å². The molecule has 0 aliphatic heterocycles. The second-order valence-corrected chi connectivity index (χ2v) is 3.84. The Kier molecular flexibility index (Phi) is 0.544. The molecule has 3 fully saturated rings. The van der Waals surface area contributed by atoms with Gasteiger partial charge < -0.3 is 0 Å². The average molecular weight is 122 g/mol. The van der Waals surface area contributed by atoms with Crippen molar-refractivity contribution in [1.82, 2.24) is 0 Å². The van der Waals surface area contributed by atoms with Gasteiger partial charge in [0.1, 0.15) is 5.78 Å². The summed E-state index contributed by atoms with van der Waals surface area (Å²) in [6, 6.07) is 0. The van der Waals surface area contributed by atoms with E-state index in [1.807, 2.05) is 0 Å². The summed E-state index contributed by atoms with van der Waals surface area (Å²) < 4.78 is 0. The van der Waals surface area contributed by atoms with E-state index in [2.05, 4.69) is 0 Å². The van der Waals surface area contributed by atoms with E-state index in [1.165, 1.54) is 19.3 Å². The Labute approximate surface area is 54.4 Å². The van der Waals surface area contributed by atoms with E-state index in [1.54, 1.807) is 0 Å². The second-order valence-electron chi connectivity index (χ2n) is 3.84. The molecule has 0 bridgehead atoms. The molecule has 0 aromatic heterocycles. The Morgan fingerprint density at radius 1 is 1.00 bits per heavy atom. The average Bonchev–Trinajstić information content (AvgIpc) is 2.57. The van der Waals surface area contributed by atoms with Gasteiger partial charge in [0.05, 0.1) is 0 Å². The first kappa shape index (κ1) is 4.48. The monoisotopic (exact) mass is 122 g/mol. The number of rotatable bonds is 0. The first-order chi connectivity index (χ1) is 4.36. The second kappa shape index (κ2) is 1.09. The Balaban J connectivity index is 1.95. The van der Waals surface area contributed by atoms with Crippen LogP contribution in [0.4, 0.5) is 0 Å². The molecule has 3 rings (SSSR count). The van der Waals surface area contributed by atoms with Crippen LogP contribution < -0.4 is 0 Å². The van der Waals surface area contributed by atoms with E-state index in [9.17, 15) is 4.79 Å². The topological polar surface area (TPSA) is 17.1 Å². The highest BCUT2D eigenvalue weighted by Gasteiger charge is 2.59. The number of Topliss-reactive ketones (excluding diaryl/α,β-unsaturated/α-hetero) is 1. The molecule has 4 atom stereocenters. The fraction of sp³-hybridized carbons (Fsp3) is 0.875. The van der Waals surface area contributed by atoms with Gasteiger partial charge >= 0.3 is 0 Å². The molecule has 2 unspecified atom stereocenters. The first-order valence-corrected chi connectivity index (χ1v) is 3.90. The van der Waals surface area contributed by atoms with Crippen molar-refractivity contribution < 1.29 is 4.79 Å². The zero-order valence-corrected chi connectivity index (χ0v) is 5.34. The summed E-state index contributed by atoms with van der Waals surface area (Å²) in [5.74, 6) is 3.42. The van der Waals surface area contributed by atoms with E-state index in [0.29, 0.717) is 17.6 Å². The molecule has 48 valence electrons. The summed E-state index contributed by atoms with van der Waals surface area (Å²) in [7, 11) is 0. The van der Waals surface area contributed by atoms with Gasteiger partial charge in [-0.25, -0.2) is 0 Å². The van der Waals surface area contributed by atoms with Gasteiger partial charge in [-0.15, -0.1) is 0 Å². The van der Waals surface area contributed by atoms with Crippen molar-refractivity contribution in [3.63, 3.8) is 0 Å². The van der Waals surface area contributed by atoms with Crippen LogP contribution >= 0.6 is 0 Å². The highest BCUT2D eigenvalue weighted by atomic mass is 16.1. The molecule has 1 nitrogen and oxygen atoms in total. The third kappa shape index (κ3) is 0.440. The van der Waals surface area contributed by atoms with Gasteiger partial charge in [0, 0.05) is 11.8 Å². The molecule has 1 heteroatoms. The van der Waals surface area contributed by atoms with Crippen LogP contribution in [0.1, 0.15) is 19.3 Å². The van der Waals surface area contributed by atoms with Crippen LogP contribution in [-0.2, 0) is 4.79 Å². The third-order valence-corrected chi connectivity index (χ3v) is 3.18. The number of carbonyl (C=O) groups excluding carboxylic acids is 1. The van der Waals surface area contributed by atoms with Crippen molar-refractivity contribution >= 4 is 5.78 Å². The fourth-order valence-electron chi connectivity index (χ4n) is 2.38. The largest absolute Gasteiger partial charge is 0.299 e. The number of carbonyl (C=O) groups is 1. The number of fused-ring (bicyclic) bond motifs is 2. The smallest absolute Gasteiger partial charge is 0.139 e. The van der Waals surface area contributed by atoms with Gasteiger partial charge in [0.15, 0.2) is 0 Å². The quantitative estimate of drug-likeness (QED) is 0.472. The molecule has 0 radical (unpaired) electrons. The van der Waals surface area contributed by atoms with Crippen LogP contribution in [0, 0.1) is 23.7 Å². The van der Waals surface area contributed by atoms with E-state index >= 15 is 0 Å². The van der Waals surface area contributed by atoms with Gasteiger partial charge in [0.25, 0.3) is 0 Å². The maximum Gasteiger partial charge on any atom is 0.139 e. The van der Waals surface area contributed by atoms with Crippen molar-refractivity contribution in [3.8, 4) is 0 Å². The van der Waals surface area contributed by atoms with Crippen LogP contribution in [0.15, 0.2) is 0 Å². The molecule has 0 spiro atoms. The van der Waals surface area contributed by atoms with Crippen LogP contribution in [0.3, 0.4) is 0 Å². The van der Waals surface area contributed by atoms with Crippen molar-refractivity contribution in [2.45, 2.75) is 19.3 Å². The number of hydrogen-bond donors (Lipinski definition) is 0. The van der Waals surface area contributed by atoms with Gasteiger partial charge in [-0.1, -0.05) is 0 Å². The van der Waals surface area contributed by atoms with Crippen LogP contribution in [0.25, 0.3) is 0 Å². The van der Waals surface area contributed by atoms with Gasteiger partial charge in [-0.2, -0.15) is 0 Å². The van der Waals surface area contributed by atoms with Crippen molar-refractivity contribution in [1.29, 1.82) is 0 Å². The third-order valence-electron chi connectivity index (χ3n) is 3.18. The maximum absolute atomic E-state index is 11.2. The highest BCUT2D eigenvalue weighted by molar-refractivity contribution is 5.89. The molecule has 0 heterocycles. The molecule has 0 N–H and O–H groups in total. The molecule has 3 aliphatic rings. The van der Waals surface area contributed by atoms with Gasteiger partial charge in [-0.3, -0.25) is 4.79 Å². The minimum atomic E-state index is 0.550. The summed E-state index contributed by atoms with van der Waals surface area (Å²) in [6.45, 7) is 0. The minimum Gasteiger partial charge on any atom is -0.299 e. The zero-order chi connectivity index (χ0) is 6.01. The fourth-order valence-corrected chi connectivity index (χ4v) is 2.38. The molecular formula is C8H10O. The van der Waals surface area contributed by atoms with E-state index < -0.39 is 0 Å². The Morgan fingerprint density at radius 2 is 1.56 bits per heavy atom. The van der Waals surface area contributed by atoms with Crippen molar-refractivity contribution in [2.24, 2.45) is 23.7 Å². The predicted molar refractivity (Wildman–Crippen MR) is 32.8 cm³/mol. The zero-order valence-electron chi connectivity index (χ0n) is 5.34. The standard InChI is InChI=1S/C8H10O/c9-8-6-2-4(6)1-5-3-7(5)8/h4-7H,1-3H2/t4-,5?,6+,7?/m0/s1. The normalized spacial score (nSPS) is 60.2. The molecule has 9 heavy (non-hydrogen) atoms. The Morgan fingerprint density at radius 3 is 2.11 bits per heavy atom. The molecule has 0 aromatic rings. The summed E-state index contributed by atoms with van der Waals surface area (Å²) in [5.41, 5.74) is 0. The minimum absolute atomic E-state index is 0.550. The SMILES string of the molecule is O=C1C2CC2C[C@H]2C[C@@H]12. The van der Waals surface area contributed by atoms with E-state index in [4.69, 9.17) is 0 Å². The molecular weight excluding hydrogens is 112 g/mol. The first-order valence-electron chi connectivity index (χ1n) is 3.90. The summed E-state index contributed by atoms with van der Waals surface area (Å²) >= 11 is 0. The molecule has 0 aromatic carbocycles.